The van der Waals surface area contributed by atoms with E-state index in [1.54, 1.807) is 0 Å². The highest BCUT2D eigenvalue weighted by Gasteiger charge is 2.34. The van der Waals surface area contributed by atoms with Crippen LogP contribution < -0.4 is 5.32 Å². The molecule has 0 aliphatic heterocycles. The number of aryl methyl sites for hydroxylation is 2. The van der Waals surface area contributed by atoms with E-state index in [9.17, 15) is 9.59 Å². The number of thiophene rings is 1. The first-order valence-corrected chi connectivity index (χ1v) is 8.31. The van der Waals surface area contributed by atoms with Gasteiger partial charge in [0, 0.05) is 11.4 Å². The number of rotatable bonds is 5. The Hall–Kier alpha value is -1.36. The van der Waals surface area contributed by atoms with Gasteiger partial charge in [-0.1, -0.05) is 19.3 Å². The van der Waals surface area contributed by atoms with E-state index in [0.717, 1.165) is 36.1 Å². The summed E-state index contributed by atoms with van der Waals surface area (Å²) < 4.78 is 0. The molecule has 0 saturated heterocycles. The predicted octanol–water partition coefficient (Wildman–Crippen LogP) is 3.52. The summed E-state index contributed by atoms with van der Waals surface area (Å²) in [6.45, 7) is 4.47. The van der Waals surface area contributed by atoms with Crippen LogP contribution in [-0.4, -0.2) is 23.5 Å². The Bertz CT molecular complexity index is 510. The van der Waals surface area contributed by atoms with Crippen LogP contribution in [0.25, 0.3) is 0 Å². The number of amides is 1. The number of hydrogen-bond donors (Lipinski definition) is 2. The van der Waals surface area contributed by atoms with E-state index in [1.807, 2.05) is 19.9 Å². The predicted molar refractivity (Wildman–Crippen MR) is 83.9 cm³/mol. The fourth-order valence-electron chi connectivity index (χ4n) is 3.08. The Kier molecular flexibility index (Phi) is 5.04. The lowest BCUT2D eigenvalue weighted by Crippen LogP contribution is -2.40. The molecule has 2 N–H and O–H groups in total. The molecule has 21 heavy (non-hydrogen) atoms. The molecule has 1 aromatic rings. The number of carboxylic acids is 1. The van der Waals surface area contributed by atoms with Crippen LogP contribution in [0.4, 0.5) is 0 Å². The molecule has 1 aliphatic rings. The topological polar surface area (TPSA) is 66.4 Å². The molecule has 1 fully saturated rings. The molecular formula is C16H23NO3S. The van der Waals surface area contributed by atoms with Gasteiger partial charge in [-0.05, 0) is 43.7 Å². The van der Waals surface area contributed by atoms with Crippen molar-refractivity contribution in [1.82, 2.24) is 5.32 Å². The Morgan fingerprint density at radius 1 is 1.29 bits per heavy atom. The van der Waals surface area contributed by atoms with E-state index in [0.29, 0.717) is 11.4 Å². The van der Waals surface area contributed by atoms with Gasteiger partial charge >= 0.3 is 5.97 Å². The van der Waals surface area contributed by atoms with Crippen molar-refractivity contribution >= 4 is 23.2 Å². The molecule has 1 aliphatic carbocycles. The van der Waals surface area contributed by atoms with E-state index < -0.39 is 5.97 Å². The average molecular weight is 309 g/mol. The standard InChI is InChI=1S/C16H23NO3S/c1-11-8-13(21-12(11)2)15(20)17-10-16(9-14(18)19)6-4-3-5-7-16/h8H,3-7,9-10H2,1-2H3,(H,17,20)(H,18,19). The minimum Gasteiger partial charge on any atom is -0.481 e. The summed E-state index contributed by atoms with van der Waals surface area (Å²) in [4.78, 5) is 25.2. The van der Waals surface area contributed by atoms with Gasteiger partial charge in [0.15, 0.2) is 0 Å². The SMILES string of the molecule is Cc1cc(C(=O)NCC2(CC(=O)O)CCCCC2)sc1C. The second-order valence-corrected chi connectivity index (χ2v) is 7.42. The largest absolute Gasteiger partial charge is 0.481 e. The van der Waals surface area contributed by atoms with Gasteiger partial charge in [0.2, 0.25) is 0 Å². The zero-order valence-corrected chi connectivity index (χ0v) is 13.5. The second-order valence-electron chi connectivity index (χ2n) is 6.16. The van der Waals surface area contributed by atoms with Crippen molar-refractivity contribution in [3.05, 3.63) is 21.4 Å². The van der Waals surface area contributed by atoms with Crippen molar-refractivity contribution in [3.63, 3.8) is 0 Å². The van der Waals surface area contributed by atoms with E-state index in [2.05, 4.69) is 5.32 Å². The summed E-state index contributed by atoms with van der Waals surface area (Å²) >= 11 is 1.49. The lowest BCUT2D eigenvalue weighted by atomic mass is 9.71. The molecule has 0 atom stereocenters. The van der Waals surface area contributed by atoms with Gasteiger partial charge in [-0.3, -0.25) is 9.59 Å². The van der Waals surface area contributed by atoms with Crippen molar-refractivity contribution < 1.29 is 14.7 Å². The molecule has 0 radical (unpaired) electrons. The molecule has 0 bridgehead atoms. The normalized spacial score (nSPS) is 17.4. The Morgan fingerprint density at radius 3 is 2.48 bits per heavy atom. The highest BCUT2D eigenvalue weighted by molar-refractivity contribution is 7.14. The lowest BCUT2D eigenvalue weighted by Gasteiger charge is -2.36. The molecular weight excluding hydrogens is 286 g/mol. The zero-order valence-electron chi connectivity index (χ0n) is 12.7. The van der Waals surface area contributed by atoms with Gasteiger partial charge in [-0.2, -0.15) is 0 Å². The molecule has 0 aromatic carbocycles. The van der Waals surface area contributed by atoms with Gasteiger partial charge in [0.1, 0.15) is 0 Å². The molecule has 5 heteroatoms. The van der Waals surface area contributed by atoms with E-state index in [4.69, 9.17) is 5.11 Å². The van der Waals surface area contributed by atoms with Crippen LogP contribution in [0.3, 0.4) is 0 Å². The summed E-state index contributed by atoms with van der Waals surface area (Å²) in [5, 5.41) is 12.1. The third-order valence-electron chi connectivity index (χ3n) is 4.45. The number of aliphatic carboxylic acids is 1. The smallest absolute Gasteiger partial charge is 0.303 e. The van der Waals surface area contributed by atoms with Gasteiger partial charge < -0.3 is 10.4 Å². The lowest BCUT2D eigenvalue weighted by molar-refractivity contribution is -0.140. The van der Waals surface area contributed by atoms with Crippen LogP contribution in [0.15, 0.2) is 6.07 Å². The Labute approximate surface area is 129 Å². The highest BCUT2D eigenvalue weighted by atomic mass is 32.1. The van der Waals surface area contributed by atoms with E-state index in [-0.39, 0.29) is 17.7 Å². The van der Waals surface area contributed by atoms with E-state index >= 15 is 0 Å². The van der Waals surface area contributed by atoms with Crippen molar-refractivity contribution in [2.24, 2.45) is 5.41 Å². The van der Waals surface area contributed by atoms with Crippen molar-refractivity contribution in [1.29, 1.82) is 0 Å². The summed E-state index contributed by atoms with van der Waals surface area (Å²) in [5.74, 6) is -0.847. The summed E-state index contributed by atoms with van der Waals surface area (Å²) in [5.41, 5.74) is 0.865. The fourth-order valence-corrected chi connectivity index (χ4v) is 4.03. The van der Waals surface area contributed by atoms with Crippen LogP contribution >= 0.6 is 11.3 Å². The van der Waals surface area contributed by atoms with Gasteiger partial charge in [0.05, 0.1) is 11.3 Å². The summed E-state index contributed by atoms with van der Waals surface area (Å²) in [7, 11) is 0. The Morgan fingerprint density at radius 2 is 1.95 bits per heavy atom. The number of carbonyl (C=O) groups is 2. The molecule has 0 unspecified atom stereocenters. The van der Waals surface area contributed by atoms with Crippen molar-refractivity contribution in [2.45, 2.75) is 52.4 Å². The molecule has 2 rings (SSSR count). The van der Waals surface area contributed by atoms with Crippen LogP contribution in [0.5, 0.6) is 0 Å². The van der Waals surface area contributed by atoms with Crippen LogP contribution in [0, 0.1) is 19.3 Å². The molecule has 0 spiro atoms. The zero-order chi connectivity index (χ0) is 15.5. The van der Waals surface area contributed by atoms with Gasteiger partial charge in [0.25, 0.3) is 5.91 Å². The van der Waals surface area contributed by atoms with Crippen LogP contribution in [-0.2, 0) is 4.79 Å². The monoisotopic (exact) mass is 309 g/mol. The number of carbonyl (C=O) groups excluding carboxylic acids is 1. The van der Waals surface area contributed by atoms with Gasteiger partial charge in [-0.15, -0.1) is 11.3 Å². The number of hydrogen-bond acceptors (Lipinski definition) is 3. The molecule has 1 amide bonds. The number of nitrogens with one attached hydrogen (secondary N) is 1. The third kappa shape index (κ3) is 4.06. The molecule has 1 aromatic heterocycles. The maximum absolute atomic E-state index is 12.2. The van der Waals surface area contributed by atoms with Crippen LogP contribution in [0.2, 0.25) is 0 Å². The molecule has 4 nitrogen and oxygen atoms in total. The molecule has 1 saturated carbocycles. The second kappa shape index (κ2) is 6.60. The summed E-state index contributed by atoms with van der Waals surface area (Å²) in [6, 6.07) is 1.90. The van der Waals surface area contributed by atoms with E-state index in [1.165, 1.54) is 17.8 Å². The van der Waals surface area contributed by atoms with Gasteiger partial charge in [-0.25, -0.2) is 0 Å². The maximum Gasteiger partial charge on any atom is 0.303 e. The van der Waals surface area contributed by atoms with Crippen molar-refractivity contribution in [3.8, 4) is 0 Å². The minimum absolute atomic E-state index is 0.0773. The number of carboxylic acid groups (broad SMARTS) is 1. The first-order valence-electron chi connectivity index (χ1n) is 7.49. The Balaban J connectivity index is 2.00. The first-order chi connectivity index (χ1) is 9.92. The fraction of sp³-hybridized carbons (Fsp3) is 0.625. The van der Waals surface area contributed by atoms with Crippen molar-refractivity contribution in [2.75, 3.05) is 6.54 Å². The molecule has 116 valence electrons. The van der Waals surface area contributed by atoms with Crippen LogP contribution in [0.1, 0.15) is 58.6 Å². The first kappa shape index (κ1) is 16.0. The maximum atomic E-state index is 12.2. The quantitative estimate of drug-likeness (QED) is 0.874. The highest BCUT2D eigenvalue weighted by Crippen LogP contribution is 2.38. The minimum atomic E-state index is -0.769. The molecule has 1 heterocycles. The summed E-state index contributed by atoms with van der Waals surface area (Å²) in [6.07, 6.45) is 5.21. The average Bonchev–Trinajstić information content (AvgIpc) is 2.76. The third-order valence-corrected chi connectivity index (χ3v) is 5.61.